The molecule has 1 amide bonds. The molecule has 0 aromatic rings. The van der Waals surface area contributed by atoms with Gasteiger partial charge < -0.3 is 10.4 Å². The van der Waals surface area contributed by atoms with Crippen LogP contribution in [0.5, 0.6) is 0 Å². The van der Waals surface area contributed by atoms with Crippen molar-refractivity contribution in [3.05, 3.63) is 0 Å². The highest BCUT2D eigenvalue weighted by atomic mass is 32.2. The number of sulfonamides is 1. The third-order valence-electron chi connectivity index (χ3n) is 3.77. The first-order valence-electron chi connectivity index (χ1n) is 7.21. The number of hydrogen-bond acceptors (Lipinski definition) is 4. The highest BCUT2D eigenvalue weighted by Gasteiger charge is 2.33. The zero-order chi connectivity index (χ0) is 16.0. The molecule has 0 aromatic heterocycles. The number of amides is 1. The van der Waals surface area contributed by atoms with Gasteiger partial charge in [-0.2, -0.15) is 4.31 Å². The summed E-state index contributed by atoms with van der Waals surface area (Å²) in [7, 11) is -3.65. The van der Waals surface area contributed by atoms with Crippen LogP contribution in [0.3, 0.4) is 0 Å². The van der Waals surface area contributed by atoms with Gasteiger partial charge in [0.25, 0.3) is 0 Å². The summed E-state index contributed by atoms with van der Waals surface area (Å²) in [4.78, 5) is 22.0. The Kier molecular flexibility index (Phi) is 6.60. The van der Waals surface area contributed by atoms with Crippen LogP contribution in [0.4, 0.5) is 0 Å². The molecule has 0 heterocycles. The standard InChI is InChI=1S/C13H24N2O5S/c1-10(13(17)18)15(8-7-14-11(2)16)21(19,20)9-12-5-3-4-6-12/h10,12H,3-9H2,1-2H3,(H,14,16)(H,17,18). The second kappa shape index (κ2) is 7.74. The molecule has 1 aliphatic carbocycles. The Bertz CT molecular complexity index is 471. The van der Waals surface area contributed by atoms with Crippen LogP contribution in [-0.4, -0.2) is 54.6 Å². The number of nitrogens with zero attached hydrogens (tertiary/aromatic N) is 1. The average molecular weight is 320 g/mol. The molecule has 0 bridgehead atoms. The predicted octanol–water partition coefficient (Wildman–Crippen LogP) is 0.418. The zero-order valence-electron chi connectivity index (χ0n) is 12.5. The van der Waals surface area contributed by atoms with Crippen LogP contribution >= 0.6 is 0 Å². The van der Waals surface area contributed by atoms with E-state index in [4.69, 9.17) is 5.11 Å². The molecular formula is C13H24N2O5S. The van der Waals surface area contributed by atoms with E-state index < -0.39 is 22.0 Å². The fourth-order valence-corrected chi connectivity index (χ4v) is 4.67. The molecule has 2 N–H and O–H groups in total. The number of nitrogens with one attached hydrogen (secondary N) is 1. The Morgan fingerprint density at radius 3 is 2.38 bits per heavy atom. The first-order chi connectivity index (χ1) is 9.74. The Labute approximate surface area is 125 Å². The first kappa shape index (κ1) is 17.9. The minimum absolute atomic E-state index is 0.00923. The fraction of sp³-hybridized carbons (Fsp3) is 0.846. The van der Waals surface area contributed by atoms with E-state index in [1.54, 1.807) is 0 Å². The van der Waals surface area contributed by atoms with Crippen molar-refractivity contribution < 1.29 is 23.1 Å². The maximum absolute atomic E-state index is 12.5. The molecule has 122 valence electrons. The Morgan fingerprint density at radius 2 is 1.90 bits per heavy atom. The monoisotopic (exact) mass is 320 g/mol. The SMILES string of the molecule is CC(=O)NCCN(C(C)C(=O)O)S(=O)(=O)CC1CCCC1. The highest BCUT2D eigenvalue weighted by molar-refractivity contribution is 7.89. The predicted molar refractivity (Wildman–Crippen MR) is 78.2 cm³/mol. The molecule has 0 saturated heterocycles. The molecule has 21 heavy (non-hydrogen) atoms. The highest BCUT2D eigenvalue weighted by Crippen LogP contribution is 2.27. The summed E-state index contributed by atoms with van der Waals surface area (Å²) in [6.07, 6.45) is 3.81. The fourth-order valence-electron chi connectivity index (χ4n) is 2.61. The molecule has 1 fully saturated rings. The topological polar surface area (TPSA) is 104 Å². The van der Waals surface area contributed by atoms with Gasteiger partial charge in [0.05, 0.1) is 5.75 Å². The molecule has 0 radical (unpaired) electrons. The summed E-state index contributed by atoms with van der Waals surface area (Å²) >= 11 is 0. The summed E-state index contributed by atoms with van der Waals surface area (Å²) in [6.45, 7) is 2.76. The summed E-state index contributed by atoms with van der Waals surface area (Å²) in [5.74, 6) is -1.36. The van der Waals surface area contributed by atoms with Crippen LogP contribution in [0, 0.1) is 5.92 Å². The lowest BCUT2D eigenvalue weighted by atomic mass is 10.1. The lowest BCUT2D eigenvalue weighted by molar-refractivity contribution is -0.140. The molecule has 0 aromatic carbocycles. The number of aliphatic carboxylic acids is 1. The van der Waals surface area contributed by atoms with Crippen LogP contribution in [0.15, 0.2) is 0 Å². The molecule has 1 saturated carbocycles. The Hall–Kier alpha value is -1.15. The van der Waals surface area contributed by atoms with Gasteiger partial charge in [-0.1, -0.05) is 12.8 Å². The first-order valence-corrected chi connectivity index (χ1v) is 8.81. The maximum Gasteiger partial charge on any atom is 0.321 e. The zero-order valence-corrected chi connectivity index (χ0v) is 13.4. The van der Waals surface area contributed by atoms with Crippen LogP contribution in [0.2, 0.25) is 0 Å². The van der Waals surface area contributed by atoms with Crippen molar-refractivity contribution in [2.75, 3.05) is 18.8 Å². The van der Waals surface area contributed by atoms with Gasteiger partial charge in [0.2, 0.25) is 15.9 Å². The lowest BCUT2D eigenvalue weighted by Crippen LogP contribution is -2.48. The Morgan fingerprint density at radius 1 is 1.33 bits per heavy atom. The van der Waals surface area contributed by atoms with E-state index in [2.05, 4.69) is 5.32 Å². The molecule has 0 aliphatic heterocycles. The number of carboxylic acids is 1. The number of carboxylic acid groups (broad SMARTS) is 1. The molecule has 7 nitrogen and oxygen atoms in total. The molecule has 1 aliphatic rings. The van der Waals surface area contributed by atoms with Gasteiger partial charge in [-0.25, -0.2) is 8.42 Å². The van der Waals surface area contributed by atoms with E-state index in [-0.39, 0.29) is 30.7 Å². The molecule has 1 rings (SSSR count). The smallest absolute Gasteiger partial charge is 0.321 e. The quantitative estimate of drug-likeness (QED) is 0.674. The van der Waals surface area contributed by atoms with E-state index in [1.807, 2.05) is 0 Å². The summed E-state index contributed by atoms with van der Waals surface area (Å²) in [5.41, 5.74) is 0. The van der Waals surface area contributed by atoms with E-state index in [0.717, 1.165) is 30.0 Å². The van der Waals surface area contributed by atoms with Crippen LogP contribution < -0.4 is 5.32 Å². The second-order valence-electron chi connectivity index (χ2n) is 5.54. The summed E-state index contributed by atoms with van der Waals surface area (Å²) < 4.78 is 25.9. The number of carbonyl (C=O) groups excluding carboxylic acids is 1. The average Bonchev–Trinajstić information content (AvgIpc) is 2.85. The van der Waals surface area contributed by atoms with Gasteiger partial charge in [-0.3, -0.25) is 9.59 Å². The summed E-state index contributed by atoms with van der Waals surface area (Å²) in [5, 5.41) is 11.6. The van der Waals surface area contributed by atoms with Crippen molar-refractivity contribution in [1.29, 1.82) is 0 Å². The Balaban J connectivity index is 2.76. The largest absolute Gasteiger partial charge is 0.480 e. The number of carbonyl (C=O) groups is 2. The molecule has 1 unspecified atom stereocenters. The van der Waals surface area contributed by atoms with E-state index in [0.29, 0.717) is 0 Å². The van der Waals surface area contributed by atoms with Gasteiger partial charge >= 0.3 is 5.97 Å². The van der Waals surface area contributed by atoms with Crippen molar-refractivity contribution in [3.8, 4) is 0 Å². The van der Waals surface area contributed by atoms with Crippen molar-refractivity contribution in [2.24, 2.45) is 5.92 Å². The minimum Gasteiger partial charge on any atom is -0.480 e. The molecule has 8 heteroatoms. The van der Waals surface area contributed by atoms with E-state index >= 15 is 0 Å². The number of rotatable bonds is 8. The van der Waals surface area contributed by atoms with Crippen molar-refractivity contribution >= 4 is 21.9 Å². The van der Waals surface area contributed by atoms with Gasteiger partial charge in [-0.15, -0.1) is 0 Å². The third-order valence-corrected chi connectivity index (χ3v) is 5.88. The summed E-state index contributed by atoms with van der Waals surface area (Å²) in [6, 6.07) is -1.13. The van der Waals surface area contributed by atoms with Gasteiger partial charge in [0, 0.05) is 20.0 Å². The van der Waals surface area contributed by atoms with Crippen molar-refractivity contribution in [3.63, 3.8) is 0 Å². The second-order valence-corrected chi connectivity index (χ2v) is 7.50. The lowest BCUT2D eigenvalue weighted by Gasteiger charge is -2.27. The van der Waals surface area contributed by atoms with Gasteiger partial charge in [0.15, 0.2) is 0 Å². The third kappa shape index (κ3) is 5.62. The molecular weight excluding hydrogens is 296 g/mol. The minimum atomic E-state index is -3.65. The van der Waals surface area contributed by atoms with Crippen LogP contribution in [-0.2, 0) is 19.6 Å². The van der Waals surface area contributed by atoms with Crippen LogP contribution in [0.25, 0.3) is 0 Å². The normalized spacial score (nSPS) is 17.9. The van der Waals surface area contributed by atoms with Crippen molar-refractivity contribution in [1.82, 2.24) is 9.62 Å². The van der Waals surface area contributed by atoms with E-state index in [1.165, 1.54) is 13.8 Å². The molecule has 0 spiro atoms. The van der Waals surface area contributed by atoms with Crippen molar-refractivity contribution in [2.45, 2.75) is 45.6 Å². The van der Waals surface area contributed by atoms with Gasteiger partial charge in [0.1, 0.15) is 6.04 Å². The van der Waals surface area contributed by atoms with E-state index in [9.17, 15) is 18.0 Å². The number of hydrogen-bond donors (Lipinski definition) is 2. The van der Waals surface area contributed by atoms with Gasteiger partial charge in [-0.05, 0) is 25.7 Å². The maximum atomic E-state index is 12.5. The van der Waals surface area contributed by atoms with Crippen LogP contribution in [0.1, 0.15) is 39.5 Å². The molecule has 1 atom stereocenters.